The maximum absolute atomic E-state index is 13.5. The molecule has 0 spiro atoms. The summed E-state index contributed by atoms with van der Waals surface area (Å²) >= 11 is 0. The number of hydrogen-bond donors (Lipinski definition) is 0. The molecule has 1 aliphatic heterocycles. The summed E-state index contributed by atoms with van der Waals surface area (Å²) in [6.45, 7) is 2.58. The number of hydrogen-bond acceptors (Lipinski definition) is 6. The number of carbonyl (C=O) groups excluding carboxylic acids is 1. The van der Waals surface area contributed by atoms with Crippen LogP contribution in [0.15, 0.2) is 47.4 Å². The number of esters is 1. The number of sulfonamides is 1. The fourth-order valence-electron chi connectivity index (χ4n) is 3.75. The second-order valence-corrected chi connectivity index (χ2v) is 9.24. The van der Waals surface area contributed by atoms with E-state index in [1.54, 1.807) is 13.1 Å². The fourth-order valence-corrected chi connectivity index (χ4v) is 5.32. The van der Waals surface area contributed by atoms with Crippen molar-refractivity contribution < 1.29 is 22.7 Å². The van der Waals surface area contributed by atoms with Crippen LogP contribution in [0.4, 0.5) is 11.4 Å². The van der Waals surface area contributed by atoms with Gasteiger partial charge in [0.15, 0.2) is 0 Å². The standard InChI is InChI=1S/C22H28N2O5S/c1-5-6-10-17-15-24(16-11-8-7-9-12-16)19-14-20(28-3)18(22(25)29-4)13-21(19)30(26,27)23(17)2/h7-9,11-14,17H,5-6,10,15H2,1-4H3. The summed E-state index contributed by atoms with van der Waals surface area (Å²) in [7, 11) is 0.470. The van der Waals surface area contributed by atoms with Crippen molar-refractivity contribution in [2.24, 2.45) is 0 Å². The van der Waals surface area contributed by atoms with Crippen molar-refractivity contribution in [3.05, 3.63) is 48.0 Å². The molecule has 0 radical (unpaired) electrons. The van der Waals surface area contributed by atoms with Gasteiger partial charge in [0.2, 0.25) is 10.0 Å². The zero-order valence-corrected chi connectivity index (χ0v) is 18.6. The van der Waals surface area contributed by atoms with Gasteiger partial charge in [-0.25, -0.2) is 13.2 Å². The van der Waals surface area contributed by atoms with E-state index in [-0.39, 0.29) is 22.3 Å². The van der Waals surface area contributed by atoms with Crippen LogP contribution >= 0.6 is 0 Å². The number of carbonyl (C=O) groups is 1. The first-order chi connectivity index (χ1) is 14.3. The van der Waals surface area contributed by atoms with E-state index in [0.717, 1.165) is 24.9 Å². The van der Waals surface area contributed by atoms with Crippen LogP contribution in [0.2, 0.25) is 0 Å². The van der Waals surface area contributed by atoms with Crippen LogP contribution in [0.25, 0.3) is 0 Å². The Labute approximate surface area is 178 Å². The minimum Gasteiger partial charge on any atom is -0.496 e. The highest BCUT2D eigenvalue weighted by Gasteiger charge is 2.38. The Kier molecular flexibility index (Phi) is 6.67. The van der Waals surface area contributed by atoms with Crippen molar-refractivity contribution in [2.45, 2.75) is 37.1 Å². The molecule has 0 aromatic heterocycles. The molecule has 2 aromatic carbocycles. The molecule has 0 N–H and O–H groups in total. The summed E-state index contributed by atoms with van der Waals surface area (Å²) in [5.41, 5.74) is 1.44. The summed E-state index contributed by atoms with van der Waals surface area (Å²) in [5, 5.41) is 0. The summed E-state index contributed by atoms with van der Waals surface area (Å²) in [5.74, 6) is -0.378. The molecule has 1 heterocycles. The Morgan fingerprint density at radius 1 is 1.17 bits per heavy atom. The molecule has 7 nitrogen and oxygen atoms in total. The number of ether oxygens (including phenoxy) is 2. The predicted molar refractivity (Wildman–Crippen MR) is 116 cm³/mol. The monoisotopic (exact) mass is 432 g/mol. The lowest BCUT2D eigenvalue weighted by atomic mass is 10.1. The molecule has 3 rings (SSSR count). The number of methoxy groups -OCH3 is 2. The van der Waals surface area contributed by atoms with Crippen molar-refractivity contribution in [3.63, 3.8) is 0 Å². The Balaban J connectivity index is 2.28. The summed E-state index contributed by atoms with van der Waals surface area (Å²) in [4.78, 5) is 14.3. The SMILES string of the molecule is CCCCC1CN(c2ccccc2)c2cc(OC)c(C(=O)OC)cc2S(=O)(=O)N1C. The van der Waals surface area contributed by atoms with E-state index >= 15 is 0 Å². The van der Waals surface area contributed by atoms with Crippen molar-refractivity contribution in [3.8, 4) is 5.75 Å². The Hall–Kier alpha value is -2.58. The molecule has 1 atom stereocenters. The highest BCUT2D eigenvalue weighted by atomic mass is 32.2. The first-order valence-corrected chi connectivity index (χ1v) is 11.4. The highest BCUT2D eigenvalue weighted by molar-refractivity contribution is 7.89. The number of rotatable bonds is 6. The fraction of sp³-hybridized carbons (Fsp3) is 0.409. The quantitative estimate of drug-likeness (QED) is 0.646. The third-order valence-electron chi connectivity index (χ3n) is 5.50. The van der Waals surface area contributed by atoms with Crippen LogP contribution in [0.3, 0.4) is 0 Å². The number of benzene rings is 2. The van der Waals surface area contributed by atoms with E-state index in [1.165, 1.54) is 24.6 Å². The van der Waals surface area contributed by atoms with Gasteiger partial charge in [0, 0.05) is 31.4 Å². The molecule has 8 heteroatoms. The molecule has 1 unspecified atom stereocenters. The second kappa shape index (κ2) is 9.06. The summed E-state index contributed by atoms with van der Waals surface area (Å²) < 4.78 is 38.8. The van der Waals surface area contributed by atoms with Gasteiger partial charge < -0.3 is 14.4 Å². The first kappa shape index (κ1) is 22.1. The second-order valence-electron chi connectivity index (χ2n) is 7.28. The maximum atomic E-state index is 13.5. The molecular formula is C22H28N2O5S. The lowest BCUT2D eigenvalue weighted by Gasteiger charge is -2.29. The minimum absolute atomic E-state index is 0.0639. The summed E-state index contributed by atoms with van der Waals surface area (Å²) in [6.07, 6.45) is 2.63. The van der Waals surface area contributed by atoms with Crippen LogP contribution in [0, 0.1) is 0 Å². The minimum atomic E-state index is -3.84. The van der Waals surface area contributed by atoms with Gasteiger partial charge in [-0.2, -0.15) is 4.31 Å². The highest BCUT2D eigenvalue weighted by Crippen LogP contribution is 2.41. The number of anilines is 2. The van der Waals surface area contributed by atoms with Gasteiger partial charge in [-0.05, 0) is 24.6 Å². The van der Waals surface area contributed by atoms with Crippen molar-refractivity contribution in [2.75, 3.05) is 32.7 Å². The Bertz CT molecular complexity index is 1010. The van der Waals surface area contributed by atoms with Crippen LogP contribution in [-0.4, -0.2) is 52.5 Å². The molecule has 0 saturated carbocycles. The topological polar surface area (TPSA) is 76.1 Å². The smallest absolute Gasteiger partial charge is 0.341 e. The molecule has 0 saturated heterocycles. The molecule has 162 valence electrons. The van der Waals surface area contributed by atoms with Gasteiger partial charge in [0.05, 0.1) is 19.9 Å². The van der Waals surface area contributed by atoms with Gasteiger partial charge in [-0.15, -0.1) is 0 Å². The molecule has 0 amide bonds. The first-order valence-electron chi connectivity index (χ1n) is 9.96. The molecular weight excluding hydrogens is 404 g/mol. The van der Waals surface area contributed by atoms with E-state index in [1.807, 2.05) is 35.2 Å². The lowest BCUT2D eigenvalue weighted by Crippen LogP contribution is -2.40. The van der Waals surface area contributed by atoms with Gasteiger partial charge in [0.1, 0.15) is 16.2 Å². The number of likely N-dealkylation sites (N-methyl/N-ethyl adjacent to an activating group) is 1. The zero-order chi connectivity index (χ0) is 21.9. The van der Waals surface area contributed by atoms with Crippen LogP contribution in [-0.2, 0) is 14.8 Å². The van der Waals surface area contributed by atoms with E-state index < -0.39 is 16.0 Å². The maximum Gasteiger partial charge on any atom is 0.341 e. The third-order valence-corrected chi connectivity index (χ3v) is 7.44. The predicted octanol–water partition coefficient (Wildman–Crippen LogP) is 3.81. The van der Waals surface area contributed by atoms with Gasteiger partial charge in [-0.1, -0.05) is 38.0 Å². The van der Waals surface area contributed by atoms with Crippen LogP contribution < -0.4 is 9.64 Å². The third kappa shape index (κ3) is 4.02. The average Bonchev–Trinajstić information content (AvgIpc) is 2.85. The number of unbranched alkanes of at least 4 members (excludes halogenated alkanes) is 1. The molecule has 1 aliphatic rings. The zero-order valence-electron chi connectivity index (χ0n) is 17.8. The number of fused-ring (bicyclic) bond motifs is 1. The normalized spacial score (nSPS) is 18.4. The van der Waals surface area contributed by atoms with Crippen LogP contribution in [0.5, 0.6) is 5.75 Å². The van der Waals surface area contributed by atoms with Gasteiger partial charge in [0.25, 0.3) is 0 Å². The van der Waals surface area contributed by atoms with Gasteiger partial charge >= 0.3 is 5.97 Å². The summed E-state index contributed by atoms with van der Waals surface area (Å²) in [6, 6.07) is 12.4. The van der Waals surface area contributed by atoms with Crippen LogP contribution in [0.1, 0.15) is 36.5 Å². The van der Waals surface area contributed by atoms with E-state index in [9.17, 15) is 13.2 Å². The molecule has 0 fully saturated rings. The average molecular weight is 433 g/mol. The molecule has 0 aliphatic carbocycles. The van der Waals surface area contributed by atoms with Crippen molar-refractivity contribution in [1.82, 2.24) is 4.31 Å². The van der Waals surface area contributed by atoms with E-state index in [4.69, 9.17) is 9.47 Å². The Morgan fingerprint density at radius 2 is 1.87 bits per heavy atom. The molecule has 30 heavy (non-hydrogen) atoms. The molecule has 0 bridgehead atoms. The van der Waals surface area contributed by atoms with E-state index in [0.29, 0.717) is 12.2 Å². The Morgan fingerprint density at radius 3 is 2.47 bits per heavy atom. The number of nitrogens with zero attached hydrogens (tertiary/aromatic N) is 2. The van der Waals surface area contributed by atoms with Gasteiger partial charge in [-0.3, -0.25) is 0 Å². The van der Waals surface area contributed by atoms with E-state index in [2.05, 4.69) is 6.92 Å². The lowest BCUT2D eigenvalue weighted by molar-refractivity contribution is 0.0597. The van der Waals surface area contributed by atoms with Crippen molar-refractivity contribution >= 4 is 27.4 Å². The number of para-hydroxylation sites is 1. The largest absolute Gasteiger partial charge is 0.496 e. The molecule has 2 aromatic rings. The van der Waals surface area contributed by atoms with Crippen molar-refractivity contribution in [1.29, 1.82) is 0 Å².